The Hall–Kier alpha value is -3.41. The number of fused-ring (bicyclic) bond motifs is 1. The molecule has 2 heterocycles. The van der Waals surface area contributed by atoms with Gasteiger partial charge in [0.1, 0.15) is 6.04 Å². The Morgan fingerprint density at radius 1 is 1.24 bits per heavy atom. The Balaban J connectivity index is 1.46. The molecule has 1 amide bonds. The van der Waals surface area contributed by atoms with Crippen molar-refractivity contribution < 1.29 is 13.9 Å². The molecule has 1 aliphatic rings. The second kappa shape index (κ2) is 10.5. The fraction of sp³-hybridized carbons (Fsp3) is 0.400. The lowest BCUT2D eigenvalue weighted by atomic mass is 9.99. The van der Waals surface area contributed by atoms with E-state index < -0.39 is 6.04 Å². The number of hydrogen-bond acceptors (Lipinski definition) is 6. The van der Waals surface area contributed by atoms with Gasteiger partial charge in [-0.1, -0.05) is 37.3 Å². The molecule has 0 bridgehead atoms. The van der Waals surface area contributed by atoms with Crippen LogP contribution in [0.5, 0.6) is 0 Å². The van der Waals surface area contributed by atoms with Crippen LogP contribution in [0.1, 0.15) is 18.9 Å². The van der Waals surface area contributed by atoms with Crippen LogP contribution in [0.3, 0.4) is 0 Å². The van der Waals surface area contributed by atoms with Crippen molar-refractivity contribution in [3.05, 3.63) is 58.6 Å². The molecule has 3 aromatic rings. The smallest absolute Gasteiger partial charge is 0.408 e. The maximum Gasteiger partial charge on any atom is 0.420 e. The second-order valence-electron chi connectivity index (χ2n) is 8.26. The Morgan fingerprint density at radius 3 is 2.67 bits per heavy atom. The van der Waals surface area contributed by atoms with Crippen LogP contribution in [0, 0.1) is 17.2 Å². The maximum absolute atomic E-state index is 12.2. The summed E-state index contributed by atoms with van der Waals surface area (Å²) in [5.74, 6) is -0.506. The Labute approximate surface area is 192 Å². The number of benzene rings is 2. The third-order valence-electron chi connectivity index (χ3n) is 5.83. The van der Waals surface area contributed by atoms with Gasteiger partial charge in [-0.05, 0) is 35.2 Å². The highest BCUT2D eigenvalue weighted by Gasteiger charge is 2.26. The maximum atomic E-state index is 12.2. The monoisotopic (exact) mass is 448 g/mol. The minimum absolute atomic E-state index is 0.0448. The van der Waals surface area contributed by atoms with Crippen molar-refractivity contribution in [2.45, 2.75) is 32.4 Å². The highest BCUT2D eigenvalue weighted by atomic mass is 16.5. The number of amides is 1. The molecule has 8 heteroatoms. The summed E-state index contributed by atoms with van der Waals surface area (Å²) in [5.41, 5.74) is 4.19. The van der Waals surface area contributed by atoms with Crippen LogP contribution in [0.15, 0.2) is 51.7 Å². The lowest BCUT2D eigenvalue weighted by Crippen LogP contribution is -2.52. The highest BCUT2D eigenvalue weighted by molar-refractivity contribution is 5.81. The molecular formula is C25H28N4O4. The van der Waals surface area contributed by atoms with Crippen LogP contribution >= 0.6 is 0 Å². The average Bonchev–Trinajstić information content (AvgIpc) is 3.09. The Kier molecular flexibility index (Phi) is 7.23. The van der Waals surface area contributed by atoms with Gasteiger partial charge in [0.25, 0.3) is 0 Å². The van der Waals surface area contributed by atoms with E-state index in [9.17, 15) is 14.9 Å². The van der Waals surface area contributed by atoms with Gasteiger partial charge in [-0.3, -0.25) is 9.36 Å². The number of rotatable bonds is 10. The van der Waals surface area contributed by atoms with Crippen molar-refractivity contribution in [3.63, 3.8) is 0 Å². The van der Waals surface area contributed by atoms with E-state index in [1.807, 2.05) is 43.3 Å². The number of nitriles is 1. The molecule has 2 N–H and O–H groups in total. The number of carbonyl (C=O) groups is 1. The van der Waals surface area contributed by atoms with Gasteiger partial charge in [0.2, 0.25) is 5.91 Å². The van der Waals surface area contributed by atoms with E-state index in [4.69, 9.17) is 9.15 Å². The predicted molar refractivity (Wildman–Crippen MR) is 125 cm³/mol. The van der Waals surface area contributed by atoms with Gasteiger partial charge in [0, 0.05) is 26.1 Å². The van der Waals surface area contributed by atoms with Crippen LogP contribution in [0.4, 0.5) is 0 Å². The van der Waals surface area contributed by atoms with E-state index in [1.54, 1.807) is 10.6 Å². The van der Waals surface area contributed by atoms with Crippen molar-refractivity contribution in [1.29, 1.82) is 5.26 Å². The molecule has 33 heavy (non-hydrogen) atoms. The molecule has 1 aromatic heterocycles. The molecule has 8 nitrogen and oxygen atoms in total. The van der Waals surface area contributed by atoms with Gasteiger partial charge in [-0.2, -0.15) is 5.26 Å². The summed E-state index contributed by atoms with van der Waals surface area (Å²) in [6, 6.07) is 15.2. The Bertz CT molecular complexity index is 1200. The molecule has 0 saturated carbocycles. The molecule has 0 radical (unpaired) electrons. The fourth-order valence-electron chi connectivity index (χ4n) is 3.82. The lowest BCUT2D eigenvalue weighted by Gasteiger charge is -2.26. The third-order valence-corrected chi connectivity index (χ3v) is 5.83. The molecule has 1 saturated heterocycles. The van der Waals surface area contributed by atoms with Crippen LogP contribution in [0.25, 0.3) is 22.2 Å². The zero-order valence-electron chi connectivity index (χ0n) is 18.7. The standard InChI is InChI=1S/C25H28N4O4/c1-2-10-32-11-9-29-22-13-19(7-8-23(22)33-25(29)31)18-5-3-17(4-6-18)12-21(14-26)28-24(30)20-15-27-16-20/h3-8,13,20-21,27H,2,9-12,15-16H2,1H3,(H,28,30). The van der Waals surface area contributed by atoms with E-state index >= 15 is 0 Å². The van der Waals surface area contributed by atoms with Crippen molar-refractivity contribution in [3.8, 4) is 17.2 Å². The number of hydrogen-bond donors (Lipinski definition) is 2. The Morgan fingerprint density at radius 2 is 2.00 bits per heavy atom. The number of nitrogens with zero attached hydrogens (tertiary/aromatic N) is 2. The topological polar surface area (TPSA) is 109 Å². The van der Waals surface area contributed by atoms with E-state index in [0.717, 1.165) is 28.6 Å². The van der Waals surface area contributed by atoms with Gasteiger partial charge in [0.15, 0.2) is 5.58 Å². The first kappa shape index (κ1) is 22.8. The zero-order valence-corrected chi connectivity index (χ0v) is 18.7. The molecule has 1 unspecified atom stereocenters. The molecule has 1 fully saturated rings. The molecular weight excluding hydrogens is 420 g/mol. The van der Waals surface area contributed by atoms with Gasteiger partial charge in [-0.25, -0.2) is 4.79 Å². The van der Waals surface area contributed by atoms with E-state index in [0.29, 0.717) is 44.9 Å². The largest absolute Gasteiger partial charge is 0.420 e. The van der Waals surface area contributed by atoms with Crippen LogP contribution in [-0.2, 0) is 22.5 Å². The number of aromatic nitrogens is 1. The SMILES string of the molecule is CCCOCCn1c(=O)oc2ccc(-c3ccc(CC(C#N)NC(=O)C4CNC4)cc3)cc21. The summed E-state index contributed by atoms with van der Waals surface area (Å²) in [4.78, 5) is 24.4. The van der Waals surface area contributed by atoms with Crippen LogP contribution in [0.2, 0.25) is 0 Å². The van der Waals surface area contributed by atoms with Gasteiger partial charge in [0.05, 0.1) is 30.7 Å². The van der Waals surface area contributed by atoms with Crippen LogP contribution in [-0.4, -0.2) is 42.8 Å². The van der Waals surface area contributed by atoms with Crippen molar-refractivity contribution >= 4 is 17.0 Å². The van der Waals surface area contributed by atoms with Gasteiger partial charge in [-0.15, -0.1) is 0 Å². The third kappa shape index (κ3) is 5.33. The summed E-state index contributed by atoms with van der Waals surface area (Å²) in [6.07, 6.45) is 1.38. The molecule has 1 atom stereocenters. The number of oxazole rings is 1. The normalized spacial score (nSPS) is 14.5. The minimum atomic E-state index is -0.560. The summed E-state index contributed by atoms with van der Waals surface area (Å²) in [7, 11) is 0. The molecule has 0 spiro atoms. The summed E-state index contributed by atoms with van der Waals surface area (Å²) in [6.45, 7) is 4.93. The summed E-state index contributed by atoms with van der Waals surface area (Å²) in [5, 5.41) is 15.3. The second-order valence-corrected chi connectivity index (χ2v) is 8.26. The molecule has 0 aliphatic carbocycles. The summed E-state index contributed by atoms with van der Waals surface area (Å²) < 4.78 is 12.5. The predicted octanol–water partition coefficient (Wildman–Crippen LogP) is 2.46. The first-order valence-electron chi connectivity index (χ1n) is 11.3. The van der Waals surface area contributed by atoms with Crippen LogP contribution < -0.4 is 16.4 Å². The molecule has 2 aromatic carbocycles. The zero-order chi connectivity index (χ0) is 23.2. The van der Waals surface area contributed by atoms with Crippen molar-refractivity contribution in [2.75, 3.05) is 26.3 Å². The van der Waals surface area contributed by atoms with Crippen molar-refractivity contribution in [1.82, 2.24) is 15.2 Å². The average molecular weight is 449 g/mol. The molecule has 4 rings (SSSR count). The fourth-order valence-corrected chi connectivity index (χ4v) is 3.82. The first-order chi connectivity index (χ1) is 16.1. The van der Waals surface area contributed by atoms with Crippen molar-refractivity contribution in [2.24, 2.45) is 5.92 Å². The quantitative estimate of drug-likeness (QED) is 0.461. The number of ether oxygens (including phenoxy) is 1. The minimum Gasteiger partial charge on any atom is -0.408 e. The number of nitrogens with one attached hydrogen (secondary N) is 2. The van der Waals surface area contributed by atoms with Gasteiger partial charge < -0.3 is 19.8 Å². The summed E-state index contributed by atoms with van der Waals surface area (Å²) >= 11 is 0. The van der Waals surface area contributed by atoms with E-state index in [2.05, 4.69) is 16.7 Å². The highest BCUT2D eigenvalue weighted by Crippen LogP contribution is 2.25. The molecule has 1 aliphatic heterocycles. The van der Waals surface area contributed by atoms with E-state index in [1.165, 1.54) is 0 Å². The van der Waals surface area contributed by atoms with E-state index in [-0.39, 0.29) is 17.6 Å². The molecule has 172 valence electrons. The first-order valence-corrected chi connectivity index (χ1v) is 11.3. The van der Waals surface area contributed by atoms with Gasteiger partial charge >= 0.3 is 5.76 Å². The number of carbonyl (C=O) groups excluding carboxylic acids is 1. The lowest BCUT2D eigenvalue weighted by molar-refractivity contribution is -0.126.